The molecule has 2 rings (SSSR count). The van der Waals surface area contributed by atoms with Crippen molar-refractivity contribution in [3.05, 3.63) is 29.8 Å². The van der Waals surface area contributed by atoms with Crippen LogP contribution in [0.25, 0.3) is 0 Å². The smallest absolute Gasteiger partial charge is 0.191 e. The number of hydrogen-bond donors (Lipinski definition) is 3. The van der Waals surface area contributed by atoms with Gasteiger partial charge in [0.15, 0.2) is 15.8 Å². The minimum Gasteiger partial charge on any atom is -0.491 e. The quantitative estimate of drug-likeness (QED) is 0.273. The van der Waals surface area contributed by atoms with Crippen LogP contribution in [0, 0.1) is 5.92 Å². The minimum absolute atomic E-state index is 0. The maximum Gasteiger partial charge on any atom is 0.191 e. The van der Waals surface area contributed by atoms with Crippen LogP contribution in [0.4, 0.5) is 0 Å². The average molecular weight is 525 g/mol. The Labute approximate surface area is 185 Å². The molecule has 9 heteroatoms. The van der Waals surface area contributed by atoms with E-state index in [1.165, 1.54) is 0 Å². The van der Waals surface area contributed by atoms with E-state index in [9.17, 15) is 13.5 Å². The van der Waals surface area contributed by atoms with Crippen LogP contribution < -0.4 is 15.4 Å². The summed E-state index contributed by atoms with van der Waals surface area (Å²) in [7, 11) is -2.88. The summed E-state index contributed by atoms with van der Waals surface area (Å²) in [5, 5.41) is 16.7. The largest absolute Gasteiger partial charge is 0.491 e. The molecule has 1 aromatic rings. The fourth-order valence-electron chi connectivity index (χ4n) is 2.94. The van der Waals surface area contributed by atoms with Crippen LogP contribution in [0.2, 0.25) is 0 Å². The molecular formula is C19H32IN3O4S. The lowest BCUT2D eigenvalue weighted by Crippen LogP contribution is -2.40. The zero-order valence-electron chi connectivity index (χ0n) is 16.7. The molecule has 0 bridgehead atoms. The van der Waals surface area contributed by atoms with Crippen molar-refractivity contribution in [2.24, 2.45) is 10.9 Å². The third-order valence-electron chi connectivity index (χ3n) is 4.29. The molecule has 160 valence electrons. The second-order valence-electron chi connectivity index (χ2n) is 7.12. The molecule has 2 unspecified atom stereocenters. The Morgan fingerprint density at radius 2 is 1.96 bits per heavy atom. The second-order valence-corrected chi connectivity index (χ2v) is 9.35. The predicted molar refractivity (Wildman–Crippen MR) is 123 cm³/mol. The number of aliphatic imine (C=N–C) groups is 1. The first-order valence-electron chi connectivity index (χ1n) is 9.46. The van der Waals surface area contributed by atoms with Gasteiger partial charge in [0, 0.05) is 13.1 Å². The molecule has 1 saturated heterocycles. The Morgan fingerprint density at radius 1 is 1.29 bits per heavy atom. The average Bonchev–Trinajstić information content (AvgIpc) is 2.96. The fourth-order valence-corrected chi connectivity index (χ4v) is 4.80. The monoisotopic (exact) mass is 525 g/mol. The van der Waals surface area contributed by atoms with Crippen molar-refractivity contribution >= 4 is 39.8 Å². The van der Waals surface area contributed by atoms with Gasteiger partial charge in [-0.2, -0.15) is 0 Å². The van der Waals surface area contributed by atoms with Gasteiger partial charge in [-0.25, -0.2) is 8.42 Å². The first-order chi connectivity index (χ1) is 12.8. The van der Waals surface area contributed by atoms with Crippen LogP contribution >= 0.6 is 24.0 Å². The van der Waals surface area contributed by atoms with Gasteiger partial charge in [-0.05, 0) is 50.8 Å². The highest BCUT2D eigenvalue weighted by molar-refractivity contribution is 14.0. The van der Waals surface area contributed by atoms with E-state index in [4.69, 9.17) is 4.74 Å². The van der Waals surface area contributed by atoms with Crippen LogP contribution in [-0.2, 0) is 9.84 Å². The maximum absolute atomic E-state index is 11.6. The van der Waals surface area contributed by atoms with E-state index in [1.54, 1.807) is 0 Å². The van der Waals surface area contributed by atoms with E-state index in [0.717, 1.165) is 11.3 Å². The molecular weight excluding hydrogens is 493 g/mol. The van der Waals surface area contributed by atoms with Gasteiger partial charge in [-0.3, -0.25) is 4.99 Å². The van der Waals surface area contributed by atoms with Crippen molar-refractivity contribution in [2.45, 2.75) is 39.4 Å². The van der Waals surface area contributed by atoms with Crippen LogP contribution in [0.3, 0.4) is 0 Å². The zero-order valence-corrected chi connectivity index (χ0v) is 19.9. The van der Waals surface area contributed by atoms with Gasteiger partial charge < -0.3 is 20.5 Å². The minimum atomic E-state index is -2.88. The fraction of sp³-hybridized carbons (Fsp3) is 0.632. The summed E-state index contributed by atoms with van der Waals surface area (Å²) in [4.78, 5) is 4.42. The highest BCUT2D eigenvalue weighted by Gasteiger charge is 2.27. The van der Waals surface area contributed by atoms with E-state index in [-0.39, 0.29) is 54.0 Å². The van der Waals surface area contributed by atoms with E-state index in [0.29, 0.717) is 25.5 Å². The number of rotatable bonds is 8. The van der Waals surface area contributed by atoms with Crippen molar-refractivity contribution < 1.29 is 18.3 Å². The molecule has 0 amide bonds. The molecule has 0 aliphatic carbocycles. The number of halogens is 1. The highest BCUT2D eigenvalue weighted by Crippen LogP contribution is 2.19. The third-order valence-corrected chi connectivity index (χ3v) is 6.13. The summed E-state index contributed by atoms with van der Waals surface area (Å²) in [5.41, 5.74) is 0.771. The molecule has 28 heavy (non-hydrogen) atoms. The van der Waals surface area contributed by atoms with Gasteiger partial charge in [0.25, 0.3) is 0 Å². The van der Waals surface area contributed by atoms with Crippen LogP contribution in [-0.4, -0.2) is 56.7 Å². The first-order valence-corrected chi connectivity index (χ1v) is 11.3. The van der Waals surface area contributed by atoms with Crippen LogP contribution in [0.15, 0.2) is 29.3 Å². The standard InChI is InChI=1S/C19H31N3O4S.HI/c1-4-20-19(21-11-15-9-10-27(24,25)13-15)22-12-18(23)16-5-7-17(8-6-16)26-14(2)3;/h5-8,14-15,18,23H,4,9-13H2,1-3H3,(H2,20,21,22);1H. The lowest BCUT2D eigenvalue weighted by molar-refractivity contribution is 0.186. The first kappa shape index (κ1) is 25.0. The zero-order chi connectivity index (χ0) is 19.9. The molecule has 3 N–H and O–H groups in total. The number of ether oxygens (including phenoxy) is 1. The number of sulfone groups is 1. The number of benzene rings is 1. The van der Waals surface area contributed by atoms with E-state index >= 15 is 0 Å². The van der Waals surface area contributed by atoms with Crippen molar-refractivity contribution in [3.8, 4) is 5.75 Å². The molecule has 0 aromatic heterocycles. The molecule has 1 aliphatic heterocycles. The summed E-state index contributed by atoms with van der Waals surface area (Å²) in [5.74, 6) is 1.96. The number of guanidine groups is 1. The molecule has 2 atom stereocenters. The third kappa shape index (κ3) is 8.52. The summed E-state index contributed by atoms with van der Waals surface area (Å²) >= 11 is 0. The van der Waals surface area contributed by atoms with Crippen LogP contribution in [0.5, 0.6) is 5.75 Å². The van der Waals surface area contributed by atoms with Crippen molar-refractivity contribution in [2.75, 3.05) is 31.1 Å². The number of aliphatic hydroxyl groups is 1. The second kappa shape index (κ2) is 11.8. The van der Waals surface area contributed by atoms with Crippen LogP contribution in [0.1, 0.15) is 38.9 Å². The number of nitrogens with zero attached hydrogens (tertiary/aromatic N) is 1. The molecule has 7 nitrogen and oxygen atoms in total. The summed E-state index contributed by atoms with van der Waals surface area (Å²) in [6.45, 7) is 7.35. The molecule has 1 aromatic carbocycles. The number of aliphatic hydroxyl groups excluding tert-OH is 1. The van der Waals surface area contributed by atoms with E-state index in [2.05, 4.69) is 15.6 Å². The van der Waals surface area contributed by atoms with Crippen molar-refractivity contribution in [1.29, 1.82) is 0 Å². The normalized spacial score (nSPS) is 19.8. The van der Waals surface area contributed by atoms with Gasteiger partial charge in [0.1, 0.15) is 5.75 Å². The van der Waals surface area contributed by atoms with Gasteiger partial charge >= 0.3 is 0 Å². The topological polar surface area (TPSA) is 100 Å². The number of nitrogens with one attached hydrogen (secondary N) is 2. The number of hydrogen-bond acceptors (Lipinski definition) is 5. The van der Waals surface area contributed by atoms with E-state index < -0.39 is 15.9 Å². The van der Waals surface area contributed by atoms with Gasteiger partial charge in [-0.15, -0.1) is 24.0 Å². The Morgan fingerprint density at radius 3 is 2.50 bits per heavy atom. The van der Waals surface area contributed by atoms with Crippen molar-refractivity contribution in [1.82, 2.24) is 10.6 Å². The molecule has 0 radical (unpaired) electrons. The molecule has 1 heterocycles. The SMILES string of the molecule is CCNC(=NCC(O)c1ccc(OC(C)C)cc1)NCC1CCS(=O)(=O)C1.I. The predicted octanol–water partition coefficient (Wildman–Crippen LogP) is 2.12. The molecule has 0 spiro atoms. The summed E-state index contributed by atoms with van der Waals surface area (Å²) in [6, 6.07) is 7.35. The Hall–Kier alpha value is -1.07. The Balaban J connectivity index is 0.00000392. The van der Waals surface area contributed by atoms with Gasteiger partial charge in [-0.1, -0.05) is 12.1 Å². The van der Waals surface area contributed by atoms with Gasteiger partial charge in [0.05, 0.1) is 30.3 Å². The molecule has 0 saturated carbocycles. The van der Waals surface area contributed by atoms with Crippen molar-refractivity contribution in [3.63, 3.8) is 0 Å². The maximum atomic E-state index is 11.6. The molecule has 1 fully saturated rings. The highest BCUT2D eigenvalue weighted by atomic mass is 127. The molecule has 1 aliphatic rings. The Bertz CT molecular complexity index is 723. The summed E-state index contributed by atoms with van der Waals surface area (Å²) in [6.07, 6.45) is 0.0664. The lowest BCUT2D eigenvalue weighted by atomic mass is 10.1. The summed E-state index contributed by atoms with van der Waals surface area (Å²) < 4.78 is 28.7. The van der Waals surface area contributed by atoms with E-state index in [1.807, 2.05) is 45.0 Å². The van der Waals surface area contributed by atoms with Gasteiger partial charge in [0.2, 0.25) is 0 Å². The Kier molecular flexibility index (Phi) is 10.5. The lowest BCUT2D eigenvalue weighted by Gasteiger charge is -2.16.